The van der Waals surface area contributed by atoms with Crippen molar-refractivity contribution in [2.24, 2.45) is 0 Å². The molecule has 0 saturated heterocycles. The predicted octanol–water partition coefficient (Wildman–Crippen LogP) is 4.21. The number of hydrogen-bond donors (Lipinski definition) is 1. The van der Waals surface area contributed by atoms with Gasteiger partial charge in [0.15, 0.2) is 0 Å². The first-order chi connectivity index (χ1) is 9.28. The van der Waals surface area contributed by atoms with E-state index in [9.17, 15) is 0 Å². The van der Waals surface area contributed by atoms with Crippen LogP contribution in [0, 0.1) is 6.92 Å². The van der Waals surface area contributed by atoms with Gasteiger partial charge in [0.1, 0.15) is 0 Å². The van der Waals surface area contributed by atoms with Crippen LogP contribution in [0.1, 0.15) is 30.0 Å². The Morgan fingerprint density at radius 1 is 1.11 bits per heavy atom. The molecule has 1 atom stereocenters. The molecular weight excluding hydrogens is 250 g/mol. The number of likely N-dealkylation sites (N-methyl/N-ethyl adjacent to an activating group) is 1. The monoisotopic (exact) mass is 273 g/mol. The first kappa shape index (κ1) is 14.3. The Morgan fingerprint density at radius 2 is 1.89 bits per heavy atom. The van der Waals surface area contributed by atoms with Crippen LogP contribution in [0.3, 0.4) is 0 Å². The van der Waals surface area contributed by atoms with Gasteiger partial charge in [-0.2, -0.15) is 11.3 Å². The van der Waals surface area contributed by atoms with Crippen LogP contribution in [0.15, 0.2) is 41.1 Å². The summed E-state index contributed by atoms with van der Waals surface area (Å²) in [6, 6.07) is 11.7. The number of nitrogens with one attached hydrogen (secondary N) is 1. The molecule has 0 radical (unpaired) electrons. The highest BCUT2D eigenvalue weighted by Gasteiger charge is 2.08. The van der Waals surface area contributed by atoms with Crippen LogP contribution in [0.2, 0.25) is 0 Å². The van der Waals surface area contributed by atoms with E-state index in [2.05, 4.69) is 60.3 Å². The molecule has 2 rings (SSSR count). The maximum absolute atomic E-state index is 3.61. The molecule has 102 valence electrons. The highest BCUT2D eigenvalue weighted by atomic mass is 32.1. The third kappa shape index (κ3) is 4.81. The second kappa shape index (κ2) is 7.46. The fraction of sp³-hybridized carbons (Fsp3) is 0.412. The minimum atomic E-state index is 0.576. The summed E-state index contributed by atoms with van der Waals surface area (Å²) in [6.45, 7) is 5.37. The maximum Gasteiger partial charge on any atom is 0.0110 e. The van der Waals surface area contributed by atoms with Gasteiger partial charge in [0.25, 0.3) is 0 Å². The SMILES string of the molecule is CCNC(CCc1ccsc1)Cc1ccc(C)cc1. The van der Waals surface area contributed by atoms with Crippen LogP contribution in [-0.4, -0.2) is 12.6 Å². The Balaban J connectivity index is 1.89. The minimum Gasteiger partial charge on any atom is -0.314 e. The molecule has 1 N–H and O–H groups in total. The lowest BCUT2D eigenvalue weighted by Crippen LogP contribution is -2.31. The first-order valence-electron chi connectivity index (χ1n) is 7.08. The van der Waals surface area contributed by atoms with Gasteiger partial charge in [-0.05, 0) is 60.7 Å². The van der Waals surface area contributed by atoms with Crippen molar-refractivity contribution in [3.63, 3.8) is 0 Å². The first-order valence-corrected chi connectivity index (χ1v) is 8.02. The zero-order valence-corrected chi connectivity index (χ0v) is 12.7. The summed E-state index contributed by atoms with van der Waals surface area (Å²) in [5.41, 5.74) is 4.24. The van der Waals surface area contributed by atoms with Gasteiger partial charge in [-0.15, -0.1) is 0 Å². The van der Waals surface area contributed by atoms with Gasteiger partial charge >= 0.3 is 0 Å². The average Bonchev–Trinajstić information content (AvgIpc) is 2.92. The third-order valence-electron chi connectivity index (χ3n) is 3.46. The van der Waals surface area contributed by atoms with Crippen LogP contribution in [0.5, 0.6) is 0 Å². The van der Waals surface area contributed by atoms with Crippen molar-refractivity contribution in [3.8, 4) is 0 Å². The topological polar surface area (TPSA) is 12.0 Å². The molecule has 0 amide bonds. The second-order valence-electron chi connectivity index (χ2n) is 5.11. The Labute approximate surface area is 120 Å². The van der Waals surface area contributed by atoms with Gasteiger partial charge in [0.05, 0.1) is 0 Å². The lowest BCUT2D eigenvalue weighted by molar-refractivity contribution is 0.491. The summed E-state index contributed by atoms with van der Waals surface area (Å²) in [5.74, 6) is 0. The maximum atomic E-state index is 3.61. The standard InChI is InChI=1S/C17H23NS/c1-3-18-17(9-8-16-10-11-19-13-16)12-15-6-4-14(2)5-7-15/h4-7,10-11,13,17-18H,3,8-9,12H2,1-2H3. The van der Waals surface area contributed by atoms with Crippen LogP contribution < -0.4 is 5.32 Å². The molecule has 2 heteroatoms. The van der Waals surface area contributed by atoms with Gasteiger partial charge in [-0.1, -0.05) is 36.8 Å². The zero-order valence-electron chi connectivity index (χ0n) is 11.9. The van der Waals surface area contributed by atoms with Crippen molar-refractivity contribution in [3.05, 3.63) is 57.8 Å². The van der Waals surface area contributed by atoms with Crippen LogP contribution >= 0.6 is 11.3 Å². The van der Waals surface area contributed by atoms with E-state index in [0.29, 0.717) is 6.04 Å². The zero-order chi connectivity index (χ0) is 13.5. The lowest BCUT2D eigenvalue weighted by atomic mass is 9.99. The molecule has 0 spiro atoms. The molecule has 1 heterocycles. The highest BCUT2D eigenvalue weighted by Crippen LogP contribution is 2.13. The summed E-state index contributed by atoms with van der Waals surface area (Å²) in [4.78, 5) is 0. The van der Waals surface area contributed by atoms with Crippen molar-refractivity contribution < 1.29 is 0 Å². The Morgan fingerprint density at radius 3 is 2.53 bits per heavy atom. The summed E-state index contributed by atoms with van der Waals surface area (Å²) in [7, 11) is 0. The lowest BCUT2D eigenvalue weighted by Gasteiger charge is -2.18. The van der Waals surface area contributed by atoms with Crippen molar-refractivity contribution in [1.29, 1.82) is 0 Å². The quantitative estimate of drug-likeness (QED) is 0.797. The number of thiophene rings is 1. The molecule has 0 bridgehead atoms. The van der Waals surface area contributed by atoms with Crippen molar-refractivity contribution >= 4 is 11.3 Å². The molecule has 1 nitrogen and oxygen atoms in total. The molecule has 1 aromatic carbocycles. The Bertz CT molecular complexity index is 459. The van der Waals surface area contributed by atoms with E-state index >= 15 is 0 Å². The number of benzene rings is 1. The van der Waals surface area contributed by atoms with E-state index in [1.807, 2.05) is 0 Å². The molecule has 2 aromatic rings. The van der Waals surface area contributed by atoms with Crippen LogP contribution in [0.4, 0.5) is 0 Å². The van der Waals surface area contributed by atoms with Crippen molar-refractivity contribution in [2.75, 3.05) is 6.54 Å². The number of hydrogen-bond acceptors (Lipinski definition) is 2. The van der Waals surface area contributed by atoms with Crippen LogP contribution in [-0.2, 0) is 12.8 Å². The largest absolute Gasteiger partial charge is 0.314 e. The van der Waals surface area contributed by atoms with Gasteiger partial charge in [-0.3, -0.25) is 0 Å². The van der Waals surface area contributed by atoms with E-state index in [0.717, 1.165) is 13.0 Å². The molecule has 0 aliphatic rings. The Hall–Kier alpha value is -1.12. The summed E-state index contributed by atoms with van der Waals surface area (Å²) < 4.78 is 0. The smallest absolute Gasteiger partial charge is 0.0110 e. The number of aryl methyl sites for hydroxylation is 2. The van der Waals surface area contributed by atoms with E-state index < -0.39 is 0 Å². The summed E-state index contributed by atoms with van der Waals surface area (Å²) >= 11 is 1.79. The molecule has 0 fully saturated rings. The fourth-order valence-electron chi connectivity index (χ4n) is 2.35. The molecule has 0 aliphatic heterocycles. The number of rotatable bonds is 7. The molecule has 19 heavy (non-hydrogen) atoms. The molecule has 1 aromatic heterocycles. The molecule has 0 saturated carbocycles. The van der Waals surface area contributed by atoms with Crippen LogP contribution in [0.25, 0.3) is 0 Å². The average molecular weight is 273 g/mol. The van der Waals surface area contributed by atoms with Crippen molar-refractivity contribution in [1.82, 2.24) is 5.32 Å². The second-order valence-corrected chi connectivity index (χ2v) is 5.89. The highest BCUT2D eigenvalue weighted by molar-refractivity contribution is 7.07. The van der Waals surface area contributed by atoms with Crippen molar-refractivity contribution in [2.45, 2.75) is 39.2 Å². The van der Waals surface area contributed by atoms with Gasteiger partial charge in [-0.25, -0.2) is 0 Å². The Kier molecular flexibility index (Phi) is 5.62. The third-order valence-corrected chi connectivity index (χ3v) is 4.19. The normalized spacial score (nSPS) is 12.5. The van der Waals surface area contributed by atoms with Gasteiger partial charge < -0.3 is 5.32 Å². The van der Waals surface area contributed by atoms with E-state index in [-0.39, 0.29) is 0 Å². The van der Waals surface area contributed by atoms with Gasteiger partial charge in [0, 0.05) is 6.04 Å². The summed E-state index contributed by atoms with van der Waals surface area (Å²) in [5, 5.41) is 8.03. The minimum absolute atomic E-state index is 0.576. The van der Waals surface area contributed by atoms with Gasteiger partial charge in [0.2, 0.25) is 0 Å². The molecule has 1 unspecified atom stereocenters. The van der Waals surface area contributed by atoms with E-state index in [1.165, 1.54) is 29.5 Å². The fourth-order valence-corrected chi connectivity index (χ4v) is 3.05. The molecular formula is C17H23NS. The van der Waals surface area contributed by atoms with E-state index in [4.69, 9.17) is 0 Å². The summed E-state index contributed by atoms with van der Waals surface area (Å²) in [6.07, 6.45) is 3.50. The molecule has 0 aliphatic carbocycles. The van der Waals surface area contributed by atoms with E-state index in [1.54, 1.807) is 11.3 Å². The predicted molar refractivity (Wildman–Crippen MR) is 85.0 cm³/mol.